The lowest BCUT2D eigenvalue weighted by Crippen LogP contribution is -2.52. The number of nitrogens with one attached hydrogen (secondary N) is 1. The van der Waals surface area contributed by atoms with E-state index in [0.717, 1.165) is 0 Å². The Bertz CT molecular complexity index is 828. The molecule has 8 nitrogen and oxygen atoms in total. The van der Waals surface area contributed by atoms with Crippen LogP contribution in [-0.2, 0) is 19.1 Å². The summed E-state index contributed by atoms with van der Waals surface area (Å²) in [5, 5.41) is 11.8. The summed E-state index contributed by atoms with van der Waals surface area (Å²) in [6.45, 7) is 12.3. The van der Waals surface area contributed by atoms with Crippen molar-refractivity contribution in [2.75, 3.05) is 19.8 Å². The van der Waals surface area contributed by atoms with E-state index in [1.807, 2.05) is 46.8 Å². The van der Waals surface area contributed by atoms with E-state index in [9.17, 15) is 9.59 Å². The Hall–Kier alpha value is -2.61. The fraction of sp³-hybridized carbons (Fsp3) is 0.640. The van der Waals surface area contributed by atoms with E-state index < -0.39 is 17.2 Å². The highest BCUT2D eigenvalue weighted by molar-refractivity contribution is 6.00. The first kappa shape index (κ1) is 26.6. The number of benzene rings is 1. The van der Waals surface area contributed by atoms with E-state index in [4.69, 9.17) is 24.3 Å². The molecule has 0 saturated carbocycles. The molecule has 0 saturated heterocycles. The second kappa shape index (κ2) is 11.5. The molecule has 0 fully saturated rings. The number of hydrogen-bond acceptors (Lipinski definition) is 7. The molecular weight excluding hydrogens is 424 g/mol. The number of carbonyl (C=O) groups excluding carboxylic acids is 2. The highest BCUT2D eigenvalue weighted by Crippen LogP contribution is 2.34. The lowest BCUT2D eigenvalue weighted by atomic mass is 9.87. The summed E-state index contributed by atoms with van der Waals surface area (Å²) in [6, 6.07) is 7.22. The van der Waals surface area contributed by atoms with Crippen LogP contribution in [-0.4, -0.2) is 59.9 Å². The van der Waals surface area contributed by atoms with Crippen LogP contribution in [0.5, 0.6) is 5.75 Å². The zero-order valence-electron chi connectivity index (χ0n) is 20.6. The molecule has 1 aromatic rings. The van der Waals surface area contributed by atoms with Crippen molar-refractivity contribution in [3.63, 3.8) is 0 Å². The van der Waals surface area contributed by atoms with Crippen molar-refractivity contribution in [1.82, 2.24) is 5.32 Å². The molecule has 0 aliphatic carbocycles. The van der Waals surface area contributed by atoms with Gasteiger partial charge in [-0.15, -0.1) is 0 Å². The summed E-state index contributed by atoms with van der Waals surface area (Å²) in [6.07, 6.45) is 0.233. The Morgan fingerprint density at radius 1 is 1.24 bits per heavy atom. The van der Waals surface area contributed by atoms with Gasteiger partial charge < -0.3 is 24.6 Å². The van der Waals surface area contributed by atoms with Gasteiger partial charge in [-0.2, -0.15) is 0 Å². The predicted octanol–water partition coefficient (Wildman–Crippen LogP) is 3.25. The van der Waals surface area contributed by atoms with Crippen LogP contribution in [0, 0.1) is 5.92 Å². The number of carbonyl (C=O) groups is 2. The monoisotopic (exact) mass is 462 g/mol. The number of aliphatic hydroxyl groups is 1. The molecule has 0 unspecified atom stereocenters. The van der Waals surface area contributed by atoms with Gasteiger partial charge in [-0.25, -0.2) is 4.99 Å². The molecule has 1 aliphatic heterocycles. The van der Waals surface area contributed by atoms with Crippen LogP contribution in [0.2, 0.25) is 0 Å². The van der Waals surface area contributed by atoms with E-state index in [1.54, 1.807) is 19.1 Å². The average molecular weight is 463 g/mol. The van der Waals surface area contributed by atoms with Crippen LogP contribution in [0.15, 0.2) is 29.3 Å². The first-order valence-corrected chi connectivity index (χ1v) is 11.6. The smallest absolute Gasteiger partial charge is 0.306 e. The normalized spacial score (nSPS) is 20.2. The van der Waals surface area contributed by atoms with Gasteiger partial charge in [-0.1, -0.05) is 13.8 Å². The summed E-state index contributed by atoms with van der Waals surface area (Å²) in [5.41, 5.74) is -1.11. The maximum Gasteiger partial charge on any atom is 0.306 e. The van der Waals surface area contributed by atoms with Crippen LogP contribution in [0.3, 0.4) is 0 Å². The Morgan fingerprint density at radius 2 is 1.91 bits per heavy atom. The highest BCUT2D eigenvalue weighted by Gasteiger charge is 2.50. The zero-order valence-corrected chi connectivity index (χ0v) is 20.6. The summed E-state index contributed by atoms with van der Waals surface area (Å²) in [5.74, 6) is 0.666. The van der Waals surface area contributed by atoms with Crippen molar-refractivity contribution in [3.05, 3.63) is 29.8 Å². The number of hydrogen-bond donors (Lipinski definition) is 2. The maximum absolute atomic E-state index is 13.3. The molecule has 184 valence electrons. The maximum atomic E-state index is 13.3. The third kappa shape index (κ3) is 7.74. The molecule has 2 N–H and O–H groups in total. The molecule has 1 aromatic carbocycles. The van der Waals surface area contributed by atoms with Crippen LogP contribution >= 0.6 is 0 Å². The van der Waals surface area contributed by atoms with Crippen molar-refractivity contribution in [2.45, 2.75) is 78.0 Å². The first-order chi connectivity index (χ1) is 15.5. The van der Waals surface area contributed by atoms with E-state index in [1.165, 1.54) is 0 Å². The van der Waals surface area contributed by atoms with Crippen LogP contribution in [0.4, 0.5) is 0 Å². The molecular formula is C25H38N2O6. The van der Waals surface area contributed by atoms with Gasteiger partial charge in [0.05, 0.1) is 6.61 Å². The standard InChI is InChI=1S/C25H38N2O6/c1-17(2)16-26-23(30)25(13-12-21(29)33-24(4,5)6)18(3)32-22(27-25)19-8-10-20(11-9-19)31-15-7-14-28/h8-11,17-18,28H,7,12-16H2,1-6H3,(H,26,30)/t18-,25-/m1/s1. The third-order valence-corrected chi connectivity index (χ3v) is 5.13. The number of rotatable bonds is 11. The van der Waals surface area contributed by atoms with E-state index in [2.05, 4.69) is 5.32 Å². The molecule has 0 bridgehead atoms. The molecule has 8 heteroatoms. The number of aliphatic hydroxyl groups excluding tert-OH is 1. The summed E-state index contributed by atoms with van der Waals surface area (Å²) in [7, 11) is 0. The minimum absolute atomic E-state index is 0.0501. The van der Waals surface area contributed by atoms with Gasteiger partial charge in [-0.3, -0.25) is 9.59 Å². The molecule has 2 atom stereocenters. The number of nitrogens with zero attached hydrogens (tertiary/aromatic N) is 1. The van der Waals surface area contributed by atoms with Gasteiger partial charge in [0.2, 0.25) is 5.90 Å². The van der Waals surface area contributed by atoms with Crippen LogP contribution in [0.25, 0.3) is 0 Å². The first-order valence-electron chi connectivity index (χ1n) is 11.6. The second-order valence-electron chi connectivity index (χ2n) is 9.74. The van der Waals surface area contributed by atoms with E-state index in [0.29, 0.717) is 36.8 Å². The van der Waals surface area contributed by atoms with Gasteiger partial charge in [0.15, 0.2) is 5.54 Å². The molecule has 0 radical (unpaired) electrons. The third-order valence-electron chi connectivity index (χ3n) is 5.13. The van der Waals surface area contributed by atoms with Crippen molar-refractivity contribution in [2.24, 2.45) is 10.9 Å². The SMILES string of the molecule is CC(C)CNC(=O)[C@]1(CCC(=O)OC(C)(C)C)N=C(c2ccc(OCCCO)cc2)O[C@@H]1C. The summed E-state index contributed by atoms with van der Waals surface area (Å²) >= 11 is 0. The van der Waals surface area contributed by atoms with Gasteiger partial charge in [0, 0.05) is 31.6 Å². The molecule has 0 aromatic heterocycles. The number of esters is 1. The average Bonchev–Trinajstić information content (AvgIpc) is 3.07. The minimum atomic E-state index is -1.22. The quantitative estimate of drug-likeness (QED) is 0.386. The van der Waals surface area contributed by atoms with Gasteiger partial charge in [0.25, 0.3) is 5.91 Å². The molecule has 1 amide bonds. The topological polar surface area (TPSA) is 106 Å². The Labute approximate surface area is 196 Å². The summed E-state index contributed by atoms with van der Waals surface area (Å²) < 4.78 is 17.0. The largest absolute Gasteiger partial charge is 0.494 e. The van der Waals surface area contributed by atoms with Crippen molar-refractivity contribution >= 4 is 17.8 Å². The number of aliphatic imine (C=N–C) groups is 1. The molecule has 33 heavy (non-hydrogen) atoms. The lowest BCUT2D eigenvalue weighted by molar-refractivity contribution is -0.155. The predicted molar refractivity (Wildman–Crippen MR) is 126 cm³/mol. The summed E-state index contributed by atoms with van der Waals surface area (Å²) in [4.78, 5) is 30.4. The van der Waals surface area contributed by atoms with Crippen LogP contribution in [0.1, 0.15) is 66.4 Å². The minimum Gasteiger partial charge on any atom is -0.494 e. The molecule has 1 aliphatic rings. The zero-order chi connectivity index (χ0) is 24.6. The Kier molecular flexibility index (Phi) is 9.28. The van der Waals surface area contributed by atoms with Gasteiger partial charge >= 0.3 is 5.97 Å². The number of amides is 1. The fourth-order valence-corrected chi connectivity index (χ4v) is 3.39. The second-order valence-corrected chi connectivity index (χ2v) is 9.74. The van der Waals surface area contributed by atoms with Crippen LogP contribution < -0.4 is 10.1 Å². The number of ether oxygens (including phenoxy) is 3. The van der Waals surface area contributed by atoms with Gasteiger partial charge in [0.1, 0.15) is 17.5 Å². The Balaban J connectivity index is 2.24. The van der Waals surface area contributed by atoms with E-state index >= 15 is 0 Å². The van der Waals surface area contributed by atoms with Crippen molar-refractivity contribution in [3.8, 4) is 5.75 Å². The van der Waals surface area contributed by atoms with Gasteiger partial charge in [-0.05, 0) is 64.3 Å². The van der Waals surface area contributed by atoms with E-state index in [-0.39, 0.29) is 37.2 Å². The fourth-order valence-electron chi connectivity index (χ4n) is 3.39. The van der Waals surface area contributed by atoms with Crippen molar-refractivity contribution < 1.29 is 28.9 Å². The molecule has 2 rings (SSSR count). The molecule has 0 spiro atoms. The van der Waals surface area contributed by atoms with Crippen molar-refractivity contribution in [1.29, 1.82) is 0 Å². The molecule has 1 heterocycles. The highest BCUT2D eigenvalue weighted by atomic mass is 16.6. The Morgan fingerprint density at radius 3 is 2.48 bits per heavy atom. The lowest BCUT2D eigenvalue weighted by Gasteiger charge is -2.28.